The van der Waals surface area contributed by atoms with Crippen LogP contribution in [0.3, 0.4) is 0 Å². The maximum Gasteiger partial charge on any atom is 0.295 e. The average Bonchev–Trinajstić information content (AvgIpc) is 2.36. The lowest BCUT2D eigenvalue weighted by Gasteiger charge is -2.24. The number of hydrogen-bond donors (Lipinski definition) is 0. The zero-order valence-electron chi connectivity index (χ0n) is 16.2. The van der Waals surface area contributed by atoms with Crippen molar-refractivity contribution in [2.45, 2.75) is 61.1 Å². The Morgan fingerprint density at radius 2 is 0.913 bits per heavy atom. The molecular formula is C17H36O4Si2. The van der Waals surface area contributed by atoms with E-state index in [1.54, 1.807) is 0 Å². The van der Waals surface area contributed by atoms with Crippen LogP contribution in [-0.4, -0.2) is 31.5 Å². The highest BCUT2D eigenvalue weighted by molar-refractivity contribution is 6.50. The molecule has 4 nitrogen and oxygen atoms in total. The van der Waals surface area contributed by atoms with E-state index in [0.29, 0.717) is 23.7 Å². The summed E-state index contributed by atoms with van der Waals surface area (Å²) < 4.78 is 11.0. The Morgan fingerprint density at radius 1 is 0.652 bits per heavy atom. The maximum atomic E-state index is 12.1. The van der Waals surface area contributed by atoms with Gasteiger partial charge in [-0.1, -0.05) is 55.4 Å². The molecule has 0 fully saturated rings. The molecule has 0 rings (SSSR count). The molecule has 0 N–H and O–H groups in total. The van der Waals surface area contributed by atoms with E-state index in [2.05, 4.69) is 55.4 Å². The minimum Gasteiger partial charge on any atom is -0.525 e. The smallest absolute Gasteiger partial charge is 0.295 e. The third kappa shape index (κ3) is 8.15. The molecule has 136 valence electrons. The number of hydrogen-bond acceptors (Lipinski definition) is 4. The first-order valence-corrected chi connectivity index (χ1v) is 12.1. The van der Waals surface area contributed by atoms with Crippen molar-refractivity contribution < 1.29 is 18.4 Å². The Kier molecular flexibility index (Phi) is 10.7. The first-order valence-electron chi connectivity index (χ1n) is 8.92. The van der Waals surface area contributed by atoms with Gasteiger partial charge in [0.2, 0.25) is 19.5 Å². The van der Waals surface area contributed by atoms with Gasteiger partial charge >= 0.3 is 0 Å². The van der Waals surface area contributed by atoms with Crippen LogP contribution in [-0.2, 0) is 18.4 Å². The largest absolute Gasteiger partial charge is 0.525 e. The first-order chi connectivity index (χ1) is 10.6. The maximum absolute atomic E-state index is 12.1. The van der Waals surface area contributed by atoms with Crippen molar-refractivity contribution in [1.29, 1.82) is 0 Å². The van der Waals surface area contributed by atoms with Gasteiger partial charge in [0, 0.05) is 0 Å². The highest BCUT2D eigenvalue weighted by atomic mass is 28.3. The van der Waals surface area contributed by atoms with Crippen LogP contribution in [0.5, 0.6) is 0 Å². The summed E-state index contributed by atoms with van der Waals surface area (Å²) in [7, 11) is -1.83. The van der Waals surface area contributed by atoms with Gasteiger partial charge in [0.25, 0.3) is 11.9 Å². The Hall–Kier alpha value is -0.626. The summed E-state index contributed by atoms with van der Waals surface area (Å²) in [5.74, 6) is 0.993. The fourth-order valence-electron chi connectivity index (χ4n) is 3.23. The van der Waals surface area contributed by atoms with Crippen molar-refractivity contribution in [3.8, 4) is 0 Å². The van der Waals surface area contributed by atoms with Crippen LogP contribution in [0.1, 0.15) is 55.4 Å². The zero-order valence-corrected chi connectivity index (χ0v) is 19.0. The van der Waals surface area contributed by atoms with Gasteiger partial charge in [-0.3, -0.25) is 9.59 Å². The van der Waals surface area contributed by atoms with Gasteiger partial charge in [0.05, 0.1) is 11.8 Å². The van der Waals surface area contributed by atoms with Gasteiger partial charge in [-0.25, -0.2) is 0 Å². The third-order valence-electron chi connectivity index (χ3n) is 4.19. The summed E-state index contributed by atoms with van der Waals surface area (Å²) in [4.78, 5) is 24.3. The molecule has 0 saturated heterocycles. The molecule has 0 spiro atoms. The van der Waals surface area contributed by atoms with Crippen molar-refractivity contribution >= 4 is 31.5 Å². The van der Waals surface area contributed by atoms with Gasteiger partial charge in [0.1, 0.15) is 0 Å². The molecule has 23 heavy (non-hydrogen) atoms. The van der Waals surface area contributed by atoms with Crippen LogP contribution in [0.15, 0.2) is 0 Å². The molecule has 0 aromatic rings. The Balaban J connectivity index is 4.14. The fourth-order valence-corrected chi connectivity index (χ4v) is 5.64. The molecule has 0 unspecified atom stereocenters. The van der Waals surface area contributed by atoms with Gasteiger partial charge in [-0.05, 0) is 29.3 Å². The molecule has 0 aromatic carbocycles. The Morgan fingerprint density at radius 3 is 1.13 bits per heavy atom. The van der Waals surface area contributed by atoms with E-state index in [1.165, 1.54) is 0 Å². The molecule has 0 atom stereocenters. The summed E-state index contributed by atoms with van der Waals surface area (Å²) in [6, 6.07) is 0. The minimum absolute atomic E-state index is 0.0296. The average molecular weight is 361 g/mol. The van der Waals surface area contributed by atoms with Crippen LogP contribution in [0, 0.1) is 35.5 Å². The lowest BCUT2D eigenvalue weighted by atomic mass is 9.86. The number of rotatable bonds is 10. The second kappa shape index (κ2) is 11.0. The van der Waals surface area contributed by atoms with Crippen molar-refractivity contribution in [3.05, 3.63) is 0 Å². The molecule has 6 heteroatoms. The van der Waals surface area contributed by atoms with Gasteiger partial charge in [-0.2, -0.15) is 0 Å². The molecule has 0 aliphatic rings. The molecule has 0 aliphatic heterocycles. The molecule has 0 saturated carbocycles. The molecule has 0 bridgehead atoms. The van der Waals surface area contributed by atoms with Crippen molar-refractivity contribution in [1.82, 2.24) is 0 Å². The van der Waals surface area contributed by atoms with E-state index < -0.39 is 19.5 Å². The first kappa shape index (κ1) is 22.4. The van der Waals surface area contributed by atoms with Crippen molar-refractivity contribution in [2.75, 3.05) is 0 Å². The monoisotopic (exact) mass is 360 g/mol. The Bertz CT molecular complexity index is 318. The van der Waals surface area contributed by atoms with E-state index in [4.69, 9.17) is 8.85 Å². The van der Waals surface area contributed by atoms with E-state index in [9.17, 15) is 9.59 Å². The normalized spacial score (nSPS) is 13.1. The quantitative estimate of drug-likeness (QED) is 0.444. The van der Waals surface area contributed by atoms with E-state index in [0.717, 1.165) is 5.67 Å². The zero-order chi connectivity index (χ0) is 18.2. The summed E-state index contributed by atoms with van der Waals surface area (Å²) >= 11 is 0. The summed E-state index contributed by atoms with van der Waals surface area (Å²) in [6.45, 7) is 16.5. The lowest BCUT2D eigenvalue weighted by Crippen LogP contribution is -2.30. The van der Waals surface area contributed by atoms with E-state index in [1.807, 2.05) is 0 Å². The highest BCUT2D eigenvalue weighted by Crippen LogP contribution is 2.22. The predicted octanol–water partition coefficient (Wildman–Crippen LogP) is 2.47. The molecular weight excluding hydrogens is 324 g/mol. The molecule has 0 heterocycles. The van der Waals surface area contributed by atoms with Gasteiger partial charge in [-0.15, -0.1) is 0 Å². The van der Waals surface area contributed by atoms with Crippen LogP contribution in [0.4, 0.5) is 0 Å². The predicted molar refractivity (Wildman–Crippen MR) is 100 cm³/mol. The minimum atomic E-state index is -0.914. The fraction of sp³-hybridized carbons (Fsp3) is 0.882. The van der Waals surface area contributed by atoms with Crippen LogP contribution in [0.2, 0.25) is 5.67 Å². The third-order valence-corrected chi connectivity index (χ3v) is 7.48. The van der Waals surface area contributed by atoms with Crippen LogP contribution in [0.25, 0.3) is 0 Å². The summed E-state index contributed by atoms with van der Waals surface area (Å²) in [6.07, 6.45) is 0. The topological polar surface area (TPSA) is 52.6 Å². The molecule has 0 aromatic heterocycles. The van der Waals surface area contributed by atoms with Crippen LogP contribution < -0.4 is 0 Å². The van der Waals surface area contributed by atoms with Crippen molar-refractivity contribution in [2.24, 2.45) is 35.5 Å². The standard InChI is InChI=1S/C17H36O4Si2/c1-10(2)14(11(3)4)16(18)20-22-9-23-21-17(19)15(12(5)6)13(7)8/h10-15H,9,22-23H2,1-8H3. The molecule has 0 amide bonds. The van der Waals surface area contributed by atoms with Crippen molar-refractivity contribution in [3.63, 3.8) is 0 Å². The van der Waals surface area contributed by atoms with Gasteiger partial charge < -0.3 is 8.85 Å². The van der Waals surface area contributed by atoms with Gasteiger partial charge in [0.15, 0.2) is 0 Å². The lowest BCUT2D eigenvalue weighted by molar-refractivity contribution is -0.142. The number of carbonyl (C=O) groups is 2. The van der Waals surface area contributed by atoms with Crippen LogP contribution >= 0.6 is 0 Å². The highest BCUT2D eigenvalue weighted by Gasteiger charge is 2.28. The SMILES string of the molecule is CC(C)C(C(=O)O[SiH2]C[SiH2]OC(=O)C(C(C)C)C(C)C)C(C)C. The van der Waals surface area contributed by atoms with E-state index >= 15 is 0 Å². The molecule has 0 radical (unpaired) electrons. The second-order valence-corrected chi connectivity index (χ2v) is 11.9. The summed E-state index contributed by atoms with van der Waals surface area (Å²) in [5.41, 5.74) is 0.823. The Labute approximate surface area is 147 Å². The molecule has 0 aliphatic carbocycles. The summed E-state index contributed by atoms with van der Waals surface area (Å²) in [5, 5.41) is 0. The number of carbonyl (C=O) groups excluding carboxylic acids is 2. The van der Waals surface area contributed by atoms with E-state index in [-0.39, 0.29) is 23.8 Å². The second-order valence-electron chi connectivity index (χ2n) is 7.72.